The Morgan fingerprint density at radius 1 is 1.45 bits per heavy atom. The van der Waals surface area contributed by atoms with Crippen molar-refractivity contribution in [2.75, 3.05) is 6.54 Å². The number of aromatic nitrogens is 2. The molecule has 0 amide bonds. The molecule has 5 heteroatoms. The van der Waals surface area contributed by atoms with Gasteiger partial charge in [0.15, 0.2) is 0 Å². The highest BCUT2D eigenvalue weighted by Crippen LogP contribution is 2.29. The van der Waals surface area contributed by atoms with Crippen molar-refractivity contribution in [1.29, 1.82) is 5.26 Å². The second-order valence-corrected chi connectivity index (χ2v) is 5.28. The highest BCUT2D eigenvalue weighted by atomic mass is 35.5. The van der Waals surface area contributed by atoms with Crippen molar-refractivity contribution in [3.8, 4) is 17.3 Å². The molecule has 4 nitrogen and oxygen atoms in total. The topological polar surface area (TPSA) is 53.6 Å². The molecule has 2 aromatic rings. The van der Waals surface area contributed by atoms with E-state index in [-0.39, 0.29) is 0 Å². The summed E-state index contributed by atoms with van der Waals surface area (Å²) in [6.45, 7) is 2.43. The summed E-state index contributed by atoms with van der Waals surface area (Å²) < 4.78 is 1.98. The first-order valence-corrected chi connectivity index (χ1v) is 7.09. The van der Waals surface area contributed by atoms with E-state index in [1.54, 1.807) is 0 Å². The maximum atomic E-state index is 8.77. The molecule has 0 aliphatic carbocycles. The van der Waals surface area contributed by atoms with Crippen molar-refractivity contribution in [3.63, 3.8) is 0 Å². The largest absolute Gasteiger partial charge is 0.312 e. The molecule has 1 N–H and O–H groups in total. The van der Waals surface area contributed by atoms with E-state index in [0.29, 0.717) is 18.0 Å². The number of halogens is 1. The molecule has 1 aliphatic heterocycles. The number of nitriles is 1. The van der Waals surface area contributed by atoms with Gasteiger partial charge in [0.05, 0.1) is 24.7 Å². The van der Waals surface area contributed by atoms with E-state index in [1.807, 2.05) is 28.9 Å². The lowest BCUT2D eigenvalue weighted by Gasteiger charge is -2.15. The lowest BCUT2D eigenvalue weighted by atomic mass is 10.0. The van der Waals surface area contributed by atoms with Gasteiger partial charge in [-0.25, -0.2) is 0 Å². The summed E-state index contributed by atoms with van der Waals surface area (Å²) in [5, 5.41) is 17.6. The first kappa shape index (κ1) is 13.2. The summed E-state index contributed by atoms with van der Waals surface area (Å²) in [5.74, 6) is 0. The quantitative estimate of drug-likeness (QED) is 0.944. The van der Waals surface area contributed by atoms with Crippen LogP contribution in [0.2, 0.25) is 5.02 Å². The smallest absolute Gasteiger partial charge is 0.0971 e. The van der Waals surface area contributed by atoms with E-state index in [0.717, 1.165) is 30.8 Å². The molecular formula is C15H15ClN4. The number of aryl methyl sites for hydroxylation is 1. The number of hydrogen-bond donors (Lipinski definition) is 1. The Kier molecular flexibility index (Phi) is 3.72. The molecule has 0 bridgehead atoms. The first-order valence-electron chi connectivity index (χ1n) is 6.72. The van der Waals surface area contributed by atoms with Crippen LogP contribution in [0.1, 0.15) is 17.7 Å². The molecule has 0 atom stereocenters. The van der Waals surface area contributed by atoms with Gasteiger partial charge in [-0.2, -0.15) is 10.4 Å². The number of fused-ring (bicyclic) bond motifs is 1. The zero-order chi connectivity index (χ0) is 13.9. The first-order chi connectivity index (χ1) is 9.79. The lowest BCUT2D eigenvalue weighted by Crippen LogP contribution is -2.25. The van der Waals surface area contributed by atoms with Gasteiger partial charge in [0.1, 0.15) is 0 Å². The summed E-state index contributed by atoms with van der Waals surface area (Å²) in [7, 11) is 0. The number of nitrogens with one attached hydrogen (secondary N) is 1. The second-order valence-electron chi connectivity index (χ2n) is 4.84. The summed E-state index contributed by atoms with van der Waals surface area (Å²) in [6.07, 6.45) is 1.44. The van der Waals surface area contributed by atoms with Gasteiger partial charge in [0, 0.05) is 41.4 Å². The van der Waals surface area contributed by atoms with Crippen molar-refractivity contribution in [3.05, 3.63) is 40.5 Å². The Balaban J connectivity index is 2.07. The molecule has 0 spiro atoms. The SMILES string of the molecule is N#CCCn1nc(-c2cccc(Cl)c2)c2c1CCNC2. The fraction of sp³-hybridized carbons (Fsp3) is 0.333. The summed E-state index contributed by atoms with van der Waals surface area (Å²) in [5.41, 5.74) is 4.49. The Morgan fingerprint density at radius 2 is 2.35 bits per heavy atom. The minimum Gasteiger partial charge on any atom is -0.312 e. The van der Waals surface area contributed by atoms with Gasteiger partial charge < -0.3 is 5.32 Å². The number of rotatable bonds is 3. The average molecular weight is 287 g/mol. The van der Waals surface area contributed by atoms with Crippen molar-refractivity contribution in [2.24, 2.45) is 0 Å². The number of hydrogen-bond acceptors (Lipinski definition) is 3. The van der Waals surface area contributed by atoms with Crippen LogP contribution in [-0.4, -0.2) is 16.3 Å². The van der Waals surface area contributed by atoms with Crippen LogP contribution in [-0.2, 0) is 19.5 Å². The van der Waals surface area contributed by atoms with E-state index in [1.165, 1.54) is 11.3 Å². The predicted octanol–water partition coefficient (Wildman–Crippen LogP) is 2.76. The predicted molar refractivity (Wildman–Crippen MR) is 78.3 cm³/mol. The molecule has 0 radical (unpaired) electrons. The average Bonchev–Trinajstić information content (AvgIpc) is 2.84. The van der Waals surface area contributed by atoms with Gasteiger partial charge in [-0.1, -0.05) is 23.7 Å². The maximum absolute atomic E-state index is 8.77. The molecular weight excluding hydrogens is 272 g/mol. The van der Waals surface area contributed by atoms with Crippen LogP contribution in [0.15, 0.2) is 24.3 Å². The minimum absolute atomic E-state index is 0.483. The highest BCUT2D eigenvalue weighted by Gasteiger charge is 2.21. The molecule has 0 fully saturated rings. The molecule has 0 unspecified atom stereocenters. The monoisotopic (exact) mass is 286 g/mol. The van der Waals surface area contributed by atoms with Crippen molar-refractivity contribution < 1.29 is 0 Å². The van der Waals surface area contributed by atoms with E-state index >= 15 is 0 Å². The molecule has 0 saturated heterocycles. The van der Waals surface area contributed by atoms with Crippen LogP contribution in [0, 0.1) is 11.3 Å². The Hall–Kier alpha value is -1.83. The molecule has 0 saturated carbocycles. The van der Waals surface area contributed by atoms with Crippen LogP contribution in [0.25, 0.3) is 11.3 Å². The third-order valence-corrected chi connectivity index (χ3v) is 3.78. The fourth-order valence-corrected chi connectivity index (χ4v) is 2.82. The third kappa shape index (κ3) is 2.43. The van der Waals surface area contributed by atoms with Crippen molar-refractivity contribution >= 4 is 11.6 Å². The summed E-state index contributed by atoms with van der Waals surface area (Å²) in [6, 6.07) is 9.95. The minimum atomic E-state index is 0.483. The third-order valence-electron chi connectivity index (χ3n) is 3.54. The Labute approximate surface area is 123 Å². The molecule has 20 heavy (non-hydrogen) atoms. The normalized spacial score (nSPS) is 13.8. The van der Waals surface area contributed by atoms with E-state index < -0.39 is 0 Å². The van der Waals surface area contributed by atoms with Gasteiger partial charge in [0.25, 0.3) is 0 Å². The molecule has 1 aliphatic rings. The highest BCUT2D eigenvalue weighted by molar-refractivity contribution is 6.30. The van der Waals surface area contributed by atoms with Gasteiger partial charge in [-0.3, -0.25) is 4.68 Å². The van der Waals surface area contributed by atoms with Crippen molar-refractivity contribution in [1.82, 2.24) is 15.1 Å². The van der Waals surface area contributed by atoms with E-state index in [9.17, 15) is 0 Å². The molecule has 2 heterocycles. The maximum Gasteiger partial charge on any atom is 0.0971 e. The van der Waals surface area contributed by atoms with E-state index in [4.69, 9.17) is 22.0 Å². The zero-order valence-electron chi connectivity index (χ0n) is 11.1. The summed E-state index contributed by atoms with van der Waals surface area (Å²) >= 11 is 6.08. The molecule has 1 aromatic heterocycles. The zero-order valence-corrected chi connectivity index (χ0v) is 11.8. The number of benzene rings is 1. The Morgan fingerprint density at radius 3 is 3.15 bits per heavy atom. The number of nitrogens with zero attached hydrogens (tertiary/aromatic N) is 3. The van der Waals surface area contributed by atoms with Crippen LogP contribution >= 0.6 is 11.6 Å². The van der Waals surface area contributed by atoms with Gasteiger partial charge >= 0.3 is 0 Å². The van der Waals surface area contributed by atoms with Gasteiger partial charge in [0.2, 0.25) is 0 Å². The van der Waals surface area contributed by atoms with Crippen LogP contribution in [0.5, 0.6) is 0 Å². The van der Waals surface area contributed by atoms with Crippen LogP contribution in [0.4, 0.5) is 0 Å². The Bertz CT molecular complexity index is 669. The molecule has 1 aromatic carbocycles. The fourth-order valence-electron chi connectivity index (χ4n) is 2.63. The lowest BCUT2D eigenvalue weighted by molar-refractivity contribution is 0.557. The van der Waals surface area contributed by atoms with Crippen molar-refractivity contribution in [2.45, 2.75) is 25.9 Å². The standard InChI is InChI=1S/C15H15ClN4/c16-12-4-1-3-11(9-12)15-13-10-18-7-5-14(13)20(19-15)8-2-6-17/h1,3-4,9,18H,2,5,7-8,10H2. The second kappa shape index (κ2) is 5.66. The summed E-state index contributed by atoms with van der Waals surface area (Å²) in [4.78, 5) is 0. The molecule has 102 valence electrons. The van der Waals surface area contributed by atoms with Gasteiger partial charge in [-0.15, -0.1) is 0 Å². The van der Waals surface area contributed by atoms with E-state index in [2.05, 4.69) is 11.4 Å². The van der Waals surface area contributed by atoms with Crippen LogP contribution < -0.4 is 5.32 Å². The van der Waals surface area contributed by atoms with Gasteiger partial charge in [-0.05, 0) is 12.1 Å². The molecule has 3 rings (SSSR count). The van der Waals surface area contributed by atoms with Crippen LogP contribution in [0.3, 0.4) is 0 Å².